The van der Waals surface area contributed by atoms with Gasteiger partial charge in [0.05, 0.1) is 17.6 Å². The summed E-state index contributed by atoms with van der Waals surface area (Å²) in [6.07, 6.45) is 3.54. The fourth-order valence-corrected chi connectivity index (χ4v) is 4.16. The average Bonchev–Trinajstić information content (AvgIpc) is 2.98. The van der Waals surface area contributed by atoms with E-state index in [9.17, 15) is 14.4 Å². The van der Waals surface area contributed by atoms with Gasteiger partial charge < -0.3 is 15.0 Å². The molecule has 0 spiro atoms. The minimum atomic E-state index is -0.542. The van der Waals surface area contributed by atoms with E-state index < -0.39 is 5.97 Å². The molecule has 1 heterocycles. The fourth-order valence-electron chi connectivity index (χ4n) is 2.99. The number of ether oxygens (including phenoxy) is 1. The van der Waals surface area contributed by atoms with Crippen molar-refractivity contribution in [1.82, 2.24) is 4.90 Å². The zero-order valence-corrected chi connectivity index (χ0v) is 18.1. The molecule has 0 aliphatic carbocycles. The molecule has 7 heteroatoms. The molecule has 2 amide bonds. The Labute approximate surface area is 166 Å². The number of hydrogen-bond acceptors (Lipinski definition) is 5. The number of amides is 2. The Morgan fingerprint density at radius 2 is 1.78 bits per heavy atom. The highest BCUT2D eigenvalue weighted by atomic mass is 32.1. The van der Waals surface area contributed by atoms with Crippen LogP contribution in [-0.4, -0.2) is 42.9 Å². The molecule has 0 aromatic carbocycles. The smallest absolute Gasteiger partial charge is 0.341 e. The Bertz CT molecular complexity index is 665. The van der Waals surface area contributed by atoms with Crippen LogP contribution in [0.25, 0.3) is 0 Å². The molecule has 1 aromatic heterocycles. The molecule has 0 aliphatic heterocycles. The topological polar surface area (TPSA) is 75.7 Å². The van der Waals surface area contributed by atoms with Gasteiger partial charge in [0.2, 0.25) is 5.91 Å². The van der Waals surface area contributed by atoms with Crippen LogP contribution in [0, 0.1) is 12.8 Å². The van der Waals surface area contributed by atoms with Gasteiger partial charge in [-0.1, -0.05) is 26.7 Å². The first-order chi connectivity index (χ1) is 12.9. The van der Waals surface area contributed by atoms with E-state index in [1.165, 1.54) is 7.11 Å². The van der Waals surface area contributed by atoms with Gasteiger partial charge in [0.15, 0.2) is 0 Å². The molecule has 1 atom stereocenters. The molecule has 0 saturated carbocycles. The van der Waals surface area contributed by atoms with Crippen molar-refractivity contribution < 1.29 is 19.1 Å². The summed E-state index contributed by atoms with van der Waals surface area (Å²) in [6, 6.07) is 0. The summed E-state index contributed by atoms with van der Waals surface area (Å²) in [5, 5.41) is 3.28. The van der Waals surface area contributed by atoms with Crippen molar-refractivity contribution in [1.29, 1.82) is 0 Å². The maximum absolute atomic E-state index is 12.8. The van der Waals surface area contributed by atoms with Crippen molar-refractivity contribution >= 4 is 34.1 Å². The molecule has 1 aromatic rings. The normalized spacial score (nSPS) is 11.8. The molecule has 0 aliphatic rings. The van der Waals surface area contributed by atoms with Crippen molar-refractivity contribution in [3.05, 3.63) is 16.0 Å². The third kappa shape index (κ3) is 5.54. The first kappa shape index (κ1) is 23.1. The lowest BCUT2D eigenvalue weighted by atomic mass is 9.98. The maximum Gasteiger partial charge on any atom is 0.341 e. The summed E-state index contributed by atoms with van der Waals surface area (Å²) in [5.74, 6) is -0.899. The van der Waals surface area contributed by atoms with E-state index in [2.05, 4.69) is 12.2 Å². The first-order valence-electron chi connectivity index (χ1n) is 9.67. The summed E-state index contributed by atoms with van der Waals surface area (Å²) in [6.45, 7) is 10.8. The summed E-state index contributed by atoms with van der Waals surface area (Å²) >= 11 is 1.15. The van der Waals surface area contributed by atoms with Crippen molar-refractivity contribution in [2.45, 2.75) is 60.3 Å². The Kier molecular flexibility index (Phi) is 9.49. The van der Waals surface area contributed by atoms with E-state index in [0.717, 1.165) is 37.0 Å². The van der Waals surface area contributed by atoms with Crippen LogP contribution in [0.4, 0.5) is 5.00 Å². The summed E-state index contributed by atoms with van der Waals surface area (Å²) in [7, 11) is 1.30. The number of nitrogens with zero attached hydrogens (tertiary/aromatic N) is 1. The number of esters is 1. The lowest BCUT2D eigenvalue weighted by molar-refractivity contribution is -0.120. The number of rotatable bonds is 10. The van der Waals surface area contributed by atoms with E-state index in [1.807, 2.05) is 20.8 Å². The highest BCUT2D eigenvalue weighted by Crippen LogP contribution is 2.35. The molecule has 0 saturated heterocycles. The molecule has 152 valence electrons. The maximum atomic E-state index is 12.8. The molecule has 0 bridgehead atoms. The highest BCUT2D eigenvalue weighted by molar-refractivity contribution is 7.18. The number of unbranched alkanes of at least 4 members (excludes halogenated alkanes) is 1. The Morgan fingerprint density at radius 1 is 1.15 bits per heavy atom. The predicted octanol–water partition coefficient (Wildman–Crippen LogP) is 4.48. The monoisotopic (exact) mass is 396 g/mol. The Morgan fingerprint density at radius 3 is 2.26 bits per heavy atom. The minimum absolute atomic E-state index is 0.111. The van der Waals surface area contributed by atoms with Gasteiger partial charge in [0.1, 0.15) is 5.00 Å². The SMILES string of the molecule is CCCCC(CC)C(=O)Nc1sc(C(=O)N(CC)CC)c(C)c1C(=O)OC. The number of thiophene rings is 1. The summed E-state index contributed by atoms with van der Waals surface area (Å²) in [4.78, 5) is 40.0. The second kappa shape index (κ2) is 11.1. The predicted molar refractivity (Wildman–Crippen MR) is 110 cm³/mol. The second-order valence-corrected chi connectivity index (χ2v) is 7.49. The first-order valence-corrected chi connectivity index (χ1v) is 10.5. The van der Waals surface area contributed by atoms with E-state index in [0.29, 0.717) is 28.5 Å². The third-order valence-corrected chi connectivity index (χ3v) is 5.98. The average molecular weight is 397 g/mol. The lowest BCUT2D eigenvalue weighted by Gasteiger charge is -2.18. The molecule has 27 heavy (non-hydrogen) atoms. The van der Waals surface area contributed by atoms with Gasteiger partial charge in [-0.05, 0) is 39.2 Å². The number of carbonyl (C=O) groups excluding carboxylic acids is 3. The van der Waals surface area contributed by atoms with Crippen molar-refractivity contribution in [2.24, 2.45) is 5.92 Å². The van der Waals surface area contributed by atoms with E-state index in [-0.39, 0.29) is 23.3 Å². The summed E-state index contributed by atoms with van der Waals surface area (Å²) in [5.41, 5.74) is 0.831. The van der Waals surface area contributed by atoms with Crippen molar-refractivity contribution in [3.8, 4) is 0 Å². The van der Waals surface area contributed by atoms with E-state index in [1.54, 1.807) is 11.8 Å². The standard InChI is InChI=1S/C20H32N2O4S/c1-7-11-12-14(8-2)17(23)21-18-15(20(25)26-6)13(5)16(27-18)19(24)22(9-3)10-4/h14H,7-12H2,1-6H3,(H,21,23). The third-order valence-electron chi connectivity index (χ3n) is 4.79. The van der Waals surface area contributed by atoms with Crippen molar-refractivity contribution in [3.63, 3.8) is 0 Å². The molecule has 1 unspecified atom stereocenters. The molecule has 1 rings (SSSR count). The van der Waals surface area contributed by atoms with Crippen molar-refractivity contribution in [2.75, 3.05) is 25.5 Å². The Hall–Kier alpha value is -1.89. The second-order valence-electron chi connectivity index (χ2n) is 6.47. The number of anilines is 1. The molecular formula is C20H32N2O4S. The molecule has 0 fully saturated rings. The molecule has 0 radical (unpaired) electrons. The molecule has 1 N–H and O–H groups in total. The van der Waals surface area contributed by atoms with Gasteiger partial charge in [0.25, 0.3) is 5.91 Å². The van der Waals surface area contributed by atoms with Gasteiger partial charge in [0, 0.05) is 19.0 Å². The van der Waals surface area contributed by atoms with Crippen LogP contribution >= 0.6 is 11.3 Å². The quantitative estimate of drug-likeness (QED) is 0.592. The van der Waals surface area contributed by atoms with Crippen LogP contribution in [0.3, 0.4) is 0 Å². The fraction of sp³-hybridized carbons (Fsp3) is 0.650. The van der Waals surface area contributed by atoms with Gasteiger partial charge >= 0.3 is 5.97 Å². The zero-order valence-electron chi connectivity index (χ0n) is 17.3. The van der Waals surface area contributed by atoms with Crippen LogP contribution < -0.4 is 5.32 Å². The van der Waals surface area contributed by atoms with E-state index in [4.69, 9.17) is 4.74 Å². The highest BCUT2D eigenvalue weighted by Gasteiger charge is 2.29. The van der Waals surface area contributed by atoms with E-state index >= 15 is 0 Å². The summed E-state index contributed by atoms with van der Waals surface area (Å²) < 4.78 is 4.89. The van der Waals surface area contributed by atoms with Crippen LogP contribution in [0.15, 0.2) is 0 Å². The lowest BCUT2D eigenvalue weighted by Crippen LogP contribution is -2.30. The van der Waals surface area contributed by atoms with Crippen LogP contribution in [-0.2, 0) is 9.53 Å². The van der Waals surface area contributed by atoms with Crippen LogP contribution in [0.1, 0.15) is 79.0 Å². The zero-order chi connectivity index (χ0) is 20.6. The van der Waals surface area contributed by atoms with Gasteiger partial charge in [-0.25, -0.2) is 4.79 Å². The largest absolute Gasteiger partial charge is 0.465 e. The molecule has 6 nitrogen and oxygen atoms in total. The van der Waals surface area contributed by atoms with Gasteiger partial charge in [-0.3, -0.25) is 9.59 Å². The number of hydrogen-bond donors (Lipinski definition) is 1. The van der Waals surface area contributed by atoms with Crippen LogP contribution in [0.2, 0.25) is 0 Å². The number of carbonyl (C=O) groups is 3. The number of methoxy groups -OCH3 is 1. The molecular weight excluding hydrogens is 364 g/mol. The van der Waals surface area contributed by atoms with Gasteiger partial charge in [-0.15, -0.1) is 11.3 Å². The minimum Gasteiger partial charge on any atom is -0.465 e. The Balaban J connectivity index is 3.25. The van der Waals surface area contributed by atoms with Gasteiger partial charge in [-0.2, -0.15) is 0 Å². The van der Waals surface area contributed by atoms with Crippen LogP contribution in [0.5, 0.6) is 0 Å². The number of nitrogens with one attached hydrogen (secondary N) is 1.